The van der Waals surface area contributed by atoms with E-state index in [0.29, 0.717) is 43.1 Å². The summed E-state index contributed by atoms with van der Waals surface area (Å²) < 4.78 is 5.25. The van der Waals surface area contributed by atoms with Gasteiger partial charge in [0.25, 0.3) is 11.8 Å². The summed E-state index contributed by atoms with van der Waals surface area (Å²) in [6, 6.07) is 12.3. The summed E-state index contributed by atoms with van der Waals surface area (Å²) in [4.78, 5) is 26.6. The smallest absolute Gasteiger partial charge is 0.257 e. The average Bonchev–Trinajstić information content (AvgIpc) is 2.63. The van der Waals surface area contributed by atoms with E-state index in [0.717, 1.165) is 5.56 Å². The predicted octanol–water partition coefficient (Wildman–Crippen LogP) is 3.37. The minimum Gasteiger partial charge on any atom is -0.378 e. The van der Waals surface area contributed by atoms with Crippen LogP contribution in [0.1, 0.15) is 26.3 Å². The van der Waals surface area contributed by atoms with E-state index in [-0.39, 0.29) is 16.8 Å². The number of amides is 2. The van der Waals surface area contributed by atoms with Crippen molar-refractivity contribution < 1.29 is 14.3 Å². The van der Waals surface area contributed by atoms with Gasteiger partial charge in [-0.05, 0) is 37.3 Å². The quantitative estimate of drug-likeness (QED) is 0.915. The zero-order valence-electron chi connectivity index (χ0n) is 13.9. The van der Waals surface area contributed by atoms with Crippen LogP contribution in [-0.2, 0) is 4.74 Å². The maximum absolute atomic E-state index is 12.5. The zero-order valence-corrected chi connectivity index (χ0v) is 14.7. The number of carbonyl (C=O) groups is 2. The highest BCUT2D eigenvalue weighted by Crippen LogP contribution is 2.21. The van der Waals surface area contributed by atoms with Crippen LogP contribution >= 0.6 is 11.6 Å². The van der Waals surface area contributed by atoms with Crippen LogP contribution < -0.4 is 5.32 Å². The van der Waals surface area contributed by atoms with Gasteiger partial charge in [0.15, 0.2) is 0 Å². The first kappa shape index (κ1) is 17.5. The van der Waals surface area contributed by atoms with E-state index in [1.807, 2.05) is 31.2 Å². The van der Waals surface area contributed by atoms with Crippen molar-refractivity contribution in [2.45, 2.75) is 6.92 Å². The van der Waals surface area contributed by atoms with Gasteiger partial charge in [0.2, 0.25) is 0 Å². The fourth-order valence-corrected chi connectivity index (χ4v) is 2.88. The second kappa shape index (κ2) is 7.68. The number of anilines is 1. The monoisotopic (exact) mass is 358 g/mol. The Hall–Kier alpha value is -2.37. The number of nitrogens with one attached hydrogen (secondary N) is 1. The largest absolute Gasteiger partial charge is 0.378 e. The Morgan fingerprint density at radius 3 is 2.40 bits per heavy atom. The van der Waals surface area contributed by atoms with E-state index in [1.54, 1.807) is 23.1 Å². The third-order valence-electron chi connectivity index (χ3n) is 4.07. The van der Waals surface area contributed by atoms with Gasteiger partial charge < -0.3 is 15.0 Å². The molecule has 1 aliphatic heterocycles. The number of hydrogen-bond acceptors (Lipinski definition) is 3. The summed E-state index contributed by atoms with van der Waals surface area (Å²) in [7, 11) is 0. The minimum atomic E-state index is -0.306. The molecule has 1 heterocycles. The highest BCUT2D eigenvalue weighted by Gasteiger charge is 2.20. The number of ether oxygens (including phenoxy) is 1. The van der Waals surface area contributed by atoms with Crippen LogP contribution in [0.25, 0.3) is 0 Å². The molecular formula is C19H19ClN2O3. The number of morpholine rings is 1. The van der Waals surface area contributed by atoms with E-state index >= 15 is 0 Å². The molecule has 1 fully saturated rings. The SMILES string of the molecule is Cc1ccc(NC(=O)c2ccc(C(=O)N3CCOCC3)cc2Cl)cc1. The number of rotatable bonds is 3. The molecular weight excluding hydrogens is 340 g/mol. The standard InChI is InChI=1S/C19H19ClN2O3/c1-13-2-5-15(6-3-13)21-18(23)16-7-4-14(12-17(16)20)19(24)22-8-10-25-11-9-22/h2-7,12H,8-11H2,1H3,(H,21,23). The zero-order chi connectivity index (χ0) is 17.8. The summed E-state index contributed by atoms with van der Waals surface area (Å²) in [6.07, 6.45) is 0. The molecule has 0 spiro atoms. The van der Waals surface area contributed by atoms with Crippen LogP contribution in [0, 0.1) is 6.92 Å². The van der Waals surface area contributed by atoms with E-state index in [2.05, 4.69) is 5.32 Å². The molecule has 0 radical (unpaired) electrons. The Labute approximate surface area is 151 Å². The van der Waals surface area contributed by atoms with Crippen LogP contribution in [0.2, 0.25) is 5.02 Å². The molecule has 0 saturated carbocycles. The second-order valence-electron chi connectivity index (χ2n) is 5.92. The third kappa shape index (κ3) is 4.18. The van der Waals surface area contributed by atoms with Crippen LogP contribution in [0.5, 0.6) is 0 Å². The van der Waals surface area contributed by atoms with Crippen molar-refractivity contribution in [3.05, 3.63) is 64.2 Å². The van der Waals surface area contributed by atoms with Gasteiger partial charge in [0.1, 0.15) is 0 Å². The van der Waals surface area contributed by atoms with Crippen molar-refractivity contribution in [2.75, 3.05) is 31.6 Å². The van der Waals surface area contributed by atoms with Gasteiger partial charge in [-0.25, -0.2) is 0 Å². The first-order chi connectivity index (χ1) is 12.0. The van der Waals surface area contributed by atoms with E-state index in [4.69, 9.17) is 16.3 Å². The number of nitrogens with zero attached hydrogens (tertiary/aromatic N) is 1. The third-order valence-corrected chi connectivity index (χ3v) is 4.38. The van der Waals surface area contributed by atoms with Gasteiger partial charge in [-0.15, -0.1) is 0 Å². The average molecular weight is 359 g/mol. The maximum atomic E-state index is 12.5. The molecule has 2 aromatic rings. The molecule has 6 heteroatoms. The Morgan fingerprint density at radius 2 is 1.76 bits per heavy atom. The summed E-state index contributed by atoms with van der Waals surface area (Å²) in [5.41, 5.74) is 2.61. The Bertz CT molecular complexity index is 784. The van der Waals surface area contributed by atoms with Crippen molar-refractivity contribution in [3.63, 3.8) is 0 Å². The van der Waals surface area contributed by atoms with Crippen molar-refractivity contribution in [1.29, 1.82) is 0 Å². The van der Waals surface area contributed by atoms with Gasteiger partial charge in [0.05, 0.1) is 23.8 Å². The molecule has 2 aromatic carbocycles. The Kier molecular flexibility index (Phi) is 5.36. The molecule has 0 aliphatic carbocycles. The van der Waals surface area contributed by atoms with Crippen molar-refractivity contribution in [1.82, 2.24) is 4.90 Å². The van der Waals surface area contributed by atoms with Crippen LogP contribution in [0.3, 0.4) is 0 Å². The van der Waals surface area contributed by atoms with Gasteiger partial charge in [-0.2, -0.15) is 0 Å². The molecule has 0 unspecified atom stereocenters. The van der Waals surface area contributed by atoms with Crippen LogP contribution in [0.4, 0.5) is 5.69 Å². The van der Waals surface area contributed by atoms with E-state index in [1.165, 1.54) is 0 Å². The molecule has 0 aromatic heterocycles. The molecule has 1 saturated heterocycles. The fourth-order valence-electron chi connectivity index (χ4n) is 2.62. The minimum absolute atomic E-state index is 0.101. The lowest BCUT2D eigenvalue weighted by molar-refractivity contribution is 0.0303. The Morgan fingerprint density at radius 1 is 1.08 bits per heavy atom. The molecule has 3 rings (SSSR count). The summed E-state index contributed by atoms with van der Waals surface area (Å²) in [6.45, 7) is 4.18. The molecule has 1 N–H and O–H groups in total. The van der Waals surface area contributed by atoms with Gasteiger partial charge in [0, 0.05) is 24.3 Å². The number of benzene rings is 2. The molecule has 5 nitrogen and oxygen atoms in total. The summed E-state index contributed by atoms with van der Waals surface area (Å²) in [5, 5.41) is 3.06. The highest BCUT2D eigenvalue weighted by molar-refractivity contribution is 6.34. The van der Waals surface area contributed by atoms with Gasteiger partial charge in [-0.3, -0.25) is 9.59 Å². The lowest BCUT2D eigenvalue weighted by Gasteiger charge is -2.27. The van der Waals surface area contributed by atoms with Crippen molar-refractivity contribution in [3.8, 4) is 0 Å². The second-order valence-corrected chi connectivity index (χ2v) is 6.33. The Balaban J connectivity index is 1.73. The van der Waals surface area contributed by atoms with Crippen LogP contribution in [-0.4, -0.2) is 43.0 Å². The topological polar surface area (TPSA) is 58.6 Å². The predicted molar refractivity (Wildman–Crippen MR) is 97.3 cm³/mol. The van der Waals surface area contributed by atoms with Crippen molar-refractivity contribution in [2.24, 2.45) is 0 Å². The first-order valence-corrected chi connectivity index (χ1v) is 8.47. The number of halogens is 1. The van der Waals surface area contributed by atoms with E-state index in [9.17, 15) is 9.59 Å². The summed E-state index contributed by atoms with van der Waals surface area (Å²) in [5.74, 6) is -0.407. The molecule has 1 aliphatic rings. The number of aryl methyl sites for hydroxylation is 1. The lowest BCUT2D eigenvalue weighted by Crippen LogP contribution is -2.40. The number of hydrogen-bond donors (Lipinski definition) is 1. The molecule has 0 atom stereocenters. The molecule has 25 heavy (non-hydrogen) atoms. The molecule has 2 amide bonds. The summed E-state index contributed by atoms with van der Waals surface area (Å²) >= 11 is 6.24. The van der Waals surface area contributed by atoms with E-state index < -0.39 is 0 Å². The fraction of sp³-hybridized carbons (Fsp3) is 0.263. The maximum Gasteiger partial charge on any atom is 0.257 e. The normalized spacial score (nSPS) is 14.2. The lowest BCUT2D eigenvalue weighted by atomic mass is 10.1. The van der Waals surface area contributed by atoms with Gasteiger partial charge >= 0.3 is 0 Å². The van der Waals surface area contributed by atoms with Gasteiger partial charge in [-0.1, -0.05) is 29.3 Å². The highest BCUT2D eigenvalue weighted by atomic mass is 35.5. The van der Waals surface area contributed by atoms with Crippen LogP contribution in [0.15, 0.2) is 42.5 Å². The van der Waals surface area contributed by atoms with Crippen molar-refractivity contribution >= 4 is 29.1 Å². The number of carbonyl (C=O) groups excluding carboxylic acids is 2. The first-order valence-electron chi connectivity index (χ1n) is 8.09. The molecule has 0 bridgehead atoms. The molecule has 130 valence electrons.